The molecular weight excluding hydrogens is 546 g/mol. The number of nitrogens with one attached hydrogen (secondary N) is 2. The first-order valence-corrected chi connectivity index (χ1v) is 12.9. The molecule has 0 radical (unpaired) electrons. The van der Waals surface area contributed by atoms with E-state index in [1.165, 1.54) is 31.4 Å². The van der Waals surface area contributed by atoms with E-state index in [9.17, 15) is 29.3 Å². The van der Waals surface area contributed by atoms with Crippen molar-refractivity contribution >= 4 is 29.6 Å². The molecule has 2 N–H and O–H groups in total. The molecule has 3 rings (SSSR count). The largest absolute Gasteiger partial charge is 0.469 e. The topological polar surface area (TPSA) is 163 Å². The molecule has 12 nitrogen and oxygen atoms in total. The molecule has 42 heavy (non-hydrogen) atoms. The lowest BCUT2D eigenvalue weighted by Crippen LogP contribution is -2.54. The molecule has 0 saturated heterocycles. The second kappa shape index (κ2) is 15.5. The second-order valence-electron chi connectivity index (χ2n) is 9.19. The number of alkyl carbamates (subject to hydrolysis) is 1. The summed E-state index contributed by atoms with van der Waals surface area (Å²) in [5.74, 6) is -3.33. The summed E-state index contributed by atoms with van der Waals surface area (Å²) in [6.45, 7) is -0.0293. The Morgan fingerprint density at radius 3 is 1.95 bits per heavy atom. The lowest BCUT2D eigenvalue weighted by Gasteiger charge is -2.28. The van der Waals surface area contributed by atoms with Gasteiger partial charge in [-0.25, -0.2) is 9.59 Å². The zero-order valence-electron chi connectivity index (χ0n) is 23.1. The third-order valence-corrected chi connectivity index (χ3v) is 6.41. The fourth-order valence-electron chi connectivity index (χ4n) is 4.20. The van der Waals surface area contributed by atoms with Crippen LogP contribution in [0.4, 0.5) is 10.5 Å². The highest BCUT2D eigenvalue weighted by atomic mass is 16.6. The van der Waals surface area contributed by atoms with Crippen LogP contribution < -0.4 is 10.6 Å². The van der Waals surface area contributed by atoms with Crippen LogP contribution in [0.25, 0.3) is 0 Å². The van der Waals surface area contributed by atoms with Gasteiger partial charge < -0.3 is 24.8 Å². The molecule has 0 aliphatic heterocycles. The van der Waals surface area contributed by atoms with E-state index in [0.717, 1.165) is 18.2 Å². The average molecular weight is 578 g/mol. The van der Waals surface area contributed by atoms with Gasteiger partial charge in [-0.2, -0.15) is 0 Å². The molecule has 0 heterocycles. The number of non-ortho nitro benzene ring substituents is 1. The predicted molar refractivity (Wildman–Crippen MR) is 150 cm³/mol. The monoisotopic (exact) mass is 577 g/mol. The Morgan fingerprint density at radius 2 is 1.40 bits per heavy atom. The summed E-state index contributed by atoms with van der Waals surface area (Å²) in [7, 11) is 2.29. The molecule has 0 unspecified atom stereocenters. The Labute approximate surface area is 242 Å². The number of ether oxygens (including phenoxy) is 3. The Balaban J connectivity index is 1.88. The number of rotatable bonds is 13. The summed E-state index contributed by atoms with van der Waals surface area (Å²) in [6, 6.07) is 20.5. The van der Waals surface area contributed by atoms with Crippen LogP contribution in [0, 0.1) is 10.1 Å². The van der Waals surface area contributed by atoms with Gasteiger partial charge in [0.05, 0.1) is 25.6 Å². The van der Waals surface area contributed by atoms with Gasteiger partial charge in [0.25, 0.3) is 5.69 Å². The van der Waals surface area contributed by atoms with E-state index in [0.29, 0.717) is 5.56 Å². The zero-order valence-corrected chi connectivity index (χ0v) is 23.1. The maximum Gasteiger partial charge on any atom is 0.408 e. The van der Waals surface area contributed by atoms with Gasteiger partial charge in [0, 0.05) is 24.5 Å². The molecule has 0 aromatic heterocycles. The number of hydrogen-bond donors (Lipinski definition) is 2. The molecule has 12 heteroatoms. The number of esters is 2. The van der Waals surface area contributed by atoms with Crippen LogP contribution in [0.1, 0.15) is 29.0 Å². The number of amides is 2. The lowest BCUT2D eigenvalue weighted by molar-refractivity contribution is -0.384. The number of benzene rings is 3. The standard InChI is InChI=1S/C30H31N3O9/c1-40-26(34)18-24(22-13-15-23(16-14-22)33(38)39)27(29(36)41-2)32-28(35)25(17-20-9-5-3-6-10-20)31-30(37)42-19-21-11-7-4-8-12-21/h3-16,24-25,27H,17-19H2,1-2H3,(H,31,37)(H,32,35)/t24-,25+,27+/m1/s1. The number of nitrogens with zero attached hydrogens (tertiary/aromatic N) is 1. The third kappa shape index (κ3) is 9.15. The van der Waals surface area contributed by atoms with Gasteiger partial charge in [0.1, 0.15) is 18.7 Å². The zero-order chi connectivity index (χ0) is 30.5. The van der Waals surface area contributed by atoms with E-state index in [1.54, 1.807) is 54.6 Å². The van der Waals surface area contributed by atoms with E-state index >= 15 is 0 Å². The Kier molecular flexibility index (Phi) is 11.5. The van der Waals surface area contributed by atoms with Crippen molar-refractivity contribution in [2.75, 3.05) is 14.2 Å². The maximum absolute atomic E-state index is 13.6. The quantitative estimate of drug-likeness (QED) is 0.134. The van der Waals surface area contributed by atoms with Crippen molar-refractivity contribution < 1.29 is 38.3 Å². The van der Waals surface area contributed by atoms with Crippen LogP contribution in [0.3, 0.4) is 0 Å². The molecule has 0 fully saturated rings. The van der Waals surface area contributed by atoms with Crippen molar-refractivity contribution in [2.24, 2.45) is 0 Å². The van der Waals surface area contributed by atoms with Crippen LogP contribution >= 0.6 is 0 Å². The van der Waals surface area contributed by atoms with Gasteiger partial charge >= 0.3 is 18.0 Å². The van der Waals surface area contributed by atoms with E-state index in [-0.39, 0.29) is 25.1 Å². The van der Waals surface area contributed by atoms with Crippen molar-refractivity contribution in [3.05, 3.63) is 112 Å². The summed E-state index contributed by atoms with van der Waals surface area (Å²) < 4.78 is 15.0. The highest BCUT2D eigenvalue weighted by molar-refractivity contribution is 5.90. The number of carbonyl (C=O) groups excluding carboxylic acids is 4. The predicted octanol–water partition coefficient (Wildman–Crippen LogP) is 3.44. The van der Waals surface area contributed by atoms with E-state index in [1.807, 2.05) is 6.07 Å². The van der Waals surface area contributed by atoms with Crippen molar-refractivity contribution in [1.29, 1.82) is 0 Å². The van der Waals surface area contributed by atoms with E-state index in [2.05, 4.69) is 10.6 Å². The van der Waals surface area contributed by atoms with Gasteiger partial charge in [-0.15, -0.1) is 0 Å². The number of carbonyl (C=O) groups is 4. The first-order valence-electron chi connectivity index (χ1n) is 12.9. The number of nitro benzene ring substituents is 1. The molecule has 0 aliphatic carbocycles. The molecule has 0 saturated carbocycles. The Hall–Kier alpha value is -5.26. The summed E-state index contributed by atoms with van der Waals surface area (Å²) in [4.78, 5) is 62.2. The Bertz CT molecular complexity index is 1370. The van der Waals surface area contributed by atoms with Gasteiger partial charge in [0.2, 0.25) is 5.91 Å². The molecule has 3 atom stereocenters. The first kappa shape index (κ1) is 31.3. The highest BCUT2D eigenvalue weighted by Gasteiger charge is 2.36. The molecule has 0 spiro atoms. The maximum atomic E-state index is 13.6. The molecule has 3 aromatic rings. The van der Waals surface area contributed by atoms with Gasteiger partial charge in [-0.3, -0.25) is 19.7 Å². The SMILES string of the molecule is COC(=O)C[C@H](c1ccc([N+](=O)[O-])cc1)[C@H](NC(=O)[C@H](Cc1ccccc1)NC(=O)OCc1ccccc1)C(=O)OC. The fourth-order valence-corrected chi connectivity index (χ4v) is 4.20. The van der Waals surface area contributed by atoms with Gasteiger partial charge in [-0.05, 0) is 16.7 Å². The minimum absolute atomic E-state index is 0.0293. The van der Waals surface area contributed by atoms with Crippen molar-refractivity contribution in [3.8, 4) is 0 Å². The van der Waals surface area contributed by atoms with Crippen molar-refractivity contribution in [1.82, 2.24) is 10.6 Å². The smallest absolute Gasteiger partial charge is 0.408 e. The summed E-state index contributed by atoms with van der Waals surface area (Å²) in [5.41, 5.74) is 1.61. The summed E-state index contributed by atoms with van der Waals surface area (Å²) in [6.07, 6.45) is -1.16. The molecule has 220 valence electrons. The van der Waals surface area contributed by atoms with Gasteiger partial charge in [0.15, 0.2) is 0 Å². The van der Waals surface area contributed by atoms with Crippen LogP contribution in [-0.4, -0.2) is 55.2 Å². The average Bonchev–Trinajstić information content (AvgIpc) is 3.01. The molecular formula is C30H31N3O9. The minimum Gasteiger partial charge on any atom is -0.469 e. The minimum atomic E-state index is -1.41. The van der Waals surface area contributed by atoms with E-state index in [4.69, 9.17) is 14.2 Å². The number of hydrogen-bond acceptors (Lipinski definition) is 9. The molecule has 0 aliphatic rings. The first-order chi connectivity index (χ1) is 20.2. The fraction of sp³-hybridized carbons (Fsp3) is 0.267. The van der Waals surface area contributed by atoms with Crippen molar-refractivity contribution in [3.63, 3.8) is 0 Å². The van der Waals surface area contributed by atoms with Gasteiger partial charge in [-0.1, -0.05) is 72.8 Å². The van der Waals surface area contributed by atoms with Crippen molar-refractivity contribution in [2.45, 2.75) is 37.5 Å². The van der Waals surface area contributed by atoms with Crippen LogP contribution in [-0.2, 0) is 41.6 Å². The normalized spacial score (nSPS) is 12.6. The van der Waals surface area contributed by atoms with E-state index < -0.39 is 46.9 Å². The second-order valence-corrected chi connectivity index (χ2v) is 9.19. The summed E-state index contributed by atoms with van der Waals surface area (Å²) >= 11 is 0. The Morgan fingerprint density at radius 1 is 0.810 bits per heavy atom. The number of methoxy groups -OCH3 is 2. The third-order valence-electron chi connectivity index (χ3n) is 6.41. The lowest BCUT2D eigenvalue weighted by atomic mass is 9.87. The molecule has 0 bridgehead atoms. The van der Waals surface area contributed by atoms with Crippen LogP contribution in [0.15, 0.2) is 84.9 Å². The number of nitro groups is 1. The molecule has 3 aromatic carbocycles. The van der Waals surface area contributed by atoms with Crippen LogP contribution in [0.2, 0.25) is 0 Å². The summed E-state index contributed by atoms with van der Waals surface area (Å²) in [5, 5.41) is 16.3. The van der Waals surface area contributed by atoms with Crippen LogP contribution in [0.5, 0.6) is 0 Å². The highest BCUT2D eigenvalue weighted by Crippen LogP contribution is 2.27. The molecule has 2 amide bonds.